The molecule has 1 aliphatic rings. The number of hydrogen-bond acceptors (Lipinski definition) is 2. The number of ether oxygens (including phenoxy) is 1. The number of nitrogens with two attached hydrogens (primary N) is 1. The molecule has 1 amide bonds. The number of hydrogen-bond donors (Lipinski definition) is 2. The van der Waals surface area contributed by atoms with Gasteiger partial charge in [-0.2, -0.15) is 0 Å². The van der Waals surface area contributed by atoms with Gasteiger partial charge >= 0.3 is 0 Å². The van der Waals surface area contributed by atoms with Gasteiger partial charge in [-0.05, 0) is 31.2 Å². The van der Waals surface area contributed by atoms with E-state index < -0.39 is 0 Å². The van der Waals surface area contributed by atoms with Gasteiger partial charge < -0.3 is 15.4 Å². The van der Waals surface area contributed by atoms with Crippen LogP contribution in [0.5, 0.6) is 5.75 Å². The van der Waals surface area contributed by atoms with Crippen molar-refractivity contribution in [2.75, 3.05) is 18.5 Å². The normalized spacial score (nSPS) is 14.4. The number of benzene rings is 1. The average Bonchev–Trinajstić information content (AvgIpc) is 3.13. The zero-order chi connectivity index (χ0) is 12.1. The summed E-state index contributed by atoms with van der Waals surface area (Å²) in [6.07, 6.45) is 2.49. The Morgan fingerprint density at radius 3 is 2.71 bits per heavy atom. The Hall–Kier alpha value is -1.55. The van der Waals surface area contributed by atoms with Crippen LogP contribution in [0.2, 0.25) is 0 Å². The minimum absolute atomic E-state index is 0.0565. The molecule has 0 aliphatic heterocycles. The molecular formula is C13H19N2O2+. The molecule has 0 atom stereocenters. The van der Waals surface area contributed by atoms with Crippen molar-refractivity contribution in [1.82, 2.24) is 0 Å². The van der Waals surface area contributed by atoms with E-state index in [2.05, 4.69) is 10.6 Å². The average molecular weight is 235 g/mol. The highest BCUT2D eigenvalue weighted by atomic mass is 16.5. The van der Waals surface area contributed by atoms with E-state index in [4.69, 9.17) is 4.74 Å². The van der Waals surface area contributed by atoms with Crippen LogP contribution in [0.25, 0.3) is 0 Å². The summed E-state index contributed by atoms with van der Waals surface area (Å²) in [6.45, 7) is 3.11. The Morgan fingerprint density at radius 1 is 1.41 bits per heavy atom. The lowest BCUT2D eigenvalue weighted by Gasteiger charge is -2.06. The summed E-state index contributed by atoms with van der Waals surface area (Å²) in [6, 6.07) is 8.13. The molecule has 0 unspecified atom stereocenters. The fourth-order valence-corrected chi connectivity index (χ4v) is 1.62. The van der Waals surface area contributed by atoms with Crippen LogP contribution in [0, 0.1) is 0 Å². The van der Waals surface area contributed by atoms with Gasteiger partial charge in [-0.15, -0.1) is 0 Å². The summed E-state index contributed by atoms with van der Waals surface area (Å²) >= 11 is 0. The second-order valence-corrected chi connectivity index (χ2v) is 4.28. The third-order valence-electron chi connectivity index (χ3n) is 2.71. The molecule has 1 saturated carbocycles. The fraction of sp³-hybridized carbons (Fsp3) is 0.462. The molecule has 0 spiro atoms. The molecular weight excluding hydrogens is 216 g/mol. The van der Waals surface area contributed by atoms with Crippen LogP contribution < -0.4 is 15.4 Å². The maximum Gasteiger partial charge on any atom is 0.279 e. The SMILES string of the molecule is CCOc1ccc(NC(=O)C[NH2+]C2CC2)cc1. The molecule has 1 aromatic carbocycles. The van der Waals surface area contributed by atoms with Gasteiger partial charge in [0.05, 0.1) is 12.6 Å². The standard InChI is InChI=1S/C13H18N2O2/c1-2-17-12-7-5-11(6-8-12)15-13(16)9-14-10-3-4-10/h5-8,10,14H,2-4,9H2,1H3,(H,15,16)/p+1. The Balaban J connectivity index is 1.78. The monoisotopic (exact) mass is 235 g/mol. The Kier molecular flexibility index (Phi) is 3.98. The molecule has 4 heteroatoms. The zero-order valence-electron chi connectivity index (χ0n) is 10.1. The van der Waals surface area contributed by atoms with Crippen molar-refractivity contribution < 1.29 is 14.8 Å². The molecule has 3 N–H and O–H groups in total. The van der Waals surface area contributed by atoms with E-state index in [1.807, 2.05) is 31.2 Å². The quantitative estimate of drug-likeness (QED) is 0.764. The minimum Gasteiger partial charge on any atom is -0.494 e. The molecule has 92 valence electrons. The molecule has 4 nitrogen and oxygen atoms in total. The van der Waals surface area contributed by atoms with Crippen LogP contribution in [-0.4, -0.2) is 25.1 Å². The maximum atomic E-state index is 11.6. The van der Waals surface area contributed by atoms with Gasteiger partial charge in [-0.1, -0.05) is 0 Å². The second-order valence-electron chi connectivity index (χ2n) is 4.28. The molecule has 0 radical (unpaired) electrons. The third kappa shape index (κ3) is 4.07. The number of quaternary nitrogens is 1. The molecule has 1 aromatic rings. The van der Waals surface area contributed by atoms with Gasteiger partial charge in [0, 0.05) is 18.5 Å². The Bertz CT molecular complexity index is 372. The summed E-state index contributed by atoms with van der Waals surface area (Å²) in [5, 5.41) is 4.97. The number of anilines is 1. The van der Waals surface area contributed by atoms with Gasteiger partial charge in [0.25, 0.3) is 5.91 Å². The first-order chi connectivity index (χ1) is 8.28. The van der Waals surface area contributed by atoms with Gasteiger partial charge in [-0.25, -0.2) is 0 Å². The molecule has 0 aromatic heterocycles. The summed E-state index contributed by atoms with van der Waals surface area (Å²) in [5.41, 5.74) is 0.822. The van der Waals surface area contributed by atoms with Gasteiger partial charge in [0.15, 0.2) is 6.54 Å². The number of nitrogens with one attached hydrogen (secondary N) is 1. The van der Waals surface area contributed by atoms with Crippen molar-refractivity contribution in [1.29, 1.82) is 0 Å². The first kappa shape index (κ1) is 11.9. The Morgan fingerprint density at radius 2 is 2.12 bits per heavy atom. The van der Waals surface area contributed by atoms with E-state index in [0.29, 0.717) is 19.2 Å². The molecule has 2 rings (SSSR count). The highest BCUT2D eigenvalue weighted by Gasteiger charge is 2.25. The van der Waals surface area contributed by atoms with E-state index in [9.17, 15) is 4.79 Å². The van der Waals surface area contributed by atoms with Crippen molar-refractivity contribution in [3.8, 4) is 5.75 Å². The highest BCUT2D eigenvalue weighted by Crippen LogP contribution is 2.15. The fourth-order valence-electron chi connectivity index (χ4n) is 1.62. The summed E-state index contributed by atoms with van der Waals surface area (Å²) < 4.78 is 5.33. The van der Waals surface area contributed by atoms with E-state index in [1.54, 1.807) is 0 Å². The van der Waals surface area contributed by atoms with Crippen molar-refractivity contribution in [2.24, 2.45) is 0 Å². The summed E-state index contributed by atoms with van der Waals surface area (Å²) in [5.74, 6) is 0.885. The lowest BCUT2D eigenvalue weighted by Crippen LogP contribution is -2.87. The summed E-state index contributed by atoms with van der Waals surface area (Å²) in [4.78, 5) is 11.6. The third-order valence-corrected chi connectivity index (χ3v) is 2.71. The van der Waals surface area contributed by atoms with E-state index in [-0.39, 0.29) is 5.91 Å². The van der Waals surface area contributed by atoms with E-state index in [0.717, 1.165) is 11.4 Å². The summed E-state index contributed by atoms with van der Waals surface area (Å²) in [7, 11) is 0. The predicted molar refractivity (Wildman–Crippen MR) is 66.1 cm³/mol. The number of carbonyl (C=O) groups is 1. The number of carbonyl (C=O) groups excluding carboxylic acids is 1. The van der Waals surface area contributed by atoms with Crippen molar-refractivity contribution in [3.05, 3.63) is 24.3 Å². The van der Waals surface area contributed by atoms with Gasteiger partial charge in [0.1, 0.15) is 5.75 Å². The number of amides is 1. The van der Waals surface area contributed by atoms with E-state index in [1.165, 1.54) is 12.8 Å². The zero-order valence-corrected chi connectivity index (χ0v) is 10.1. The molecule has 17 heavy (non-hydrogen) atoms. The van der Waals surface area contributed by atoms with Crippen molar-refractivity contribution in [2.45, 2.75) is 25.8 Å². The van der Waals surface area contributed by atoms with Crippen LogP contribution in [-0.2, 0) is 4.79 Å². The lowest BCUT2D eigenvalue weighted by molar-refractivity contribution is -0.657. The molecule has 0 saturated heterocycles. The van der Waals surface area contributed by atoms with Gasteiger partial charge in [-0.3, -0.25) is 4.79 Å². The van der Waals surface area contributed by atoms with Crippen molar-refractivity contribution >= 4 is 11.6 Å². The molecule has 1 fully saturated rings. The lowest BCUT2D eigenvalue weighted by atomic mass is 10.3. The van der Waals surface area contributed by atoms with Crippen LogP contribution in [0.3, 0.4) is 0 Å². The van der Waals surface area contributed by atoms with Crippen molar-refractivity contribution in [3.63, 3.8) is 0 Å². The minimum atomic E-state index is 0.0565. The molecule has 0 bridgehead atoms. The van der Waals surface area contributed by atoms with Gasteiger partial charge in [0.2, 0.25) is 0 Å². The highest BCUT2D eigenvalue weighted by molar-refractivity contribution is 5.91. The van der Waals surface area contributed by atoms with Crippen LogP contribution >= 0.6 is 0 Å². The number of rotatable bonds is 6. The van der Waals surface area contributed by atoms with E-state index >= 15 is 0 Å². The predicted octanol–water partition coefficient (Wildman–Crippen LogP) is 0.750. The van der Waals surface area contributed by atoms with Crippen LogP contribution in [0.4, 0.5) is 5.69 Å². The second kappa shape index (κ2) is 5.68. The van der Waals surface area contributed by atoms with Crippen LogP contribution in [0.15, 0.2) is 24.3 Å². The molecule has 1 aliphatic carbocycles. The largest absolute Gasteiger partial charge is 0.494 e. The maximum absolute atomic E-state index is 11.6. The first-order valence-corrected chi connectivity index (χ1v) is 6.14. The Labute approximate surface area is 101 Å². The van der Waals surface area contributed by atoms with Crippen LogP contribution in [0.1, 0.15) is 19.8 Å². The molecule has 0 heterocycles. The smallest absolute Gasteiger partial charge is 0.279 e. The topological polar surface area (TPSA) is 54.9 Å². The first-order valence-electron chi connectivity index (χ1n) is 6.14.